The lowest BCUT2D eigenvalue weighted by molar-refractivity contribution is -0.114. The summed E-state index contributed by atoms with van der Waals surface area (Å²) in [5.74, 6) is -1.38. The van der Waals surface area contributed by atoms with E-state index < -0.39 is 11.8 Å². The Bertz CT molecular complexity index is 1510. The number of hydrogen-bond donors (Lipinski definition) is 3. The molecule has 196 valence electrons. The van der Waals surface area contributed by atoms with Gasteiger partial charge < -0.3 is 16.0 Å². The first-order chi connectivity index (χ1) is 18.9. The Kier molecular flexibility index (Phi) is 9.26. The maximum atomic E-state index is 13.3. The van der Waals surface area contributed by atoms with E-state index in [1.165, 1.54) is 36.0 Å². The molecule has 3 amide bonds. The zero-order valence-electron chi connectivity index (χ0n) is 21.1. The highest BCUT2D eigenvalue weighted by Crippen LogP contribution is 2.23. The highest BCUT2D eigenvalue weighted by Gasteiger charge is 2.16. The SMILES string of the molecule is Cc1ccccc1/C=C(\NC(=O)c1ccccc1)C(=O)Nc1cccc(SCC(=O)Nc2ccc(F)cc2)c1. The molecule has 0 fully saturated rings. The van der Waals surface area contributed by atoms with Gasteiger partial charge in [0.25, 0.3) is 11.8 Å². The van der Waals surface area contributed by atoms with Gasteiger partial charge in [-0.2, -0.15) is 0 Å². The lowest BCUT2D eigenvalue weighted by Crippen LogP contribution is -2.30. The van der Waals surface area contributed by atoms with E-state index in [4.69, 9.17) is 0 Å². The van der Waals surface area contributed by atoms with Gasteiger partial charge in [0.05, 0.1) is 5.75 Å². The number of aryl methyl sites for hydroxylation is 1. The zero-order chi connectivity index (χ0) is 27.6. The van der Waals surface area contributed by atoms with Gasteiger partial charge in [0.2, 0.25) is 5.91 Å². The Morgan fingerprint density at radius 2 is 1.51 bits per heavy atom. The smallest absolute Gasteiger partial charge is 0.272 e. The van der Waals surface area contributed by atoms with Crippen molar-refractivity contribution in [2.24, 2.45) is 0 Å². The first-order valence-electron chi connectivity index (χ1n) is 12.1. The van der Waals surface area contributed by atoms with Gasteiger partial charge in [-0.05, 0) is 78.7 Å². The Labute approximate surface area is 230 Å². The molecule has 6 nitrogen and oxygen atoms in total. The summed E-state index contributed by atoms with van der Waals surface area (Å²) in [4.78, 5) is 39.2. The number of nitrogens with one attached hydrogen (secondary N) is 3. The van der Waals surface area contributed by atoms with Crippen LogP contribution in [0.25, 0.3) is 6.08 Å². The van der Waals surface area contributed by atoms with E-state index in [1.54, 1.807) is 48.5 Å². The summed E-state index contributed by atoms with van der Waals surface area (Å²) in [5, 5.41) is 8.30. The van der Waals surface area contributed by atoms with Gasteiger partial charge >= 0.3 is 0 Å². The molecule has 0 aromatic heterocycles. The first-order valence-corrected chi connectivity index (χ1v) is 13.1. The molecule has 0 radical (unpaired) electrons. The summed E-state index contributed by atoms with van der Waals surface area (Å²) in [6.45, 7) is 1.92. The minimum absolute atomic E-state index is 0.0925. The molecule has 0 saturated carbocycles. The van der Waals surface area contributed by atoms with Crippen LogP contribution in [0.2, 0.25) is 0 Å². The van der Waals surface area contributed by atoms with Crippen molar-refractivity contribution in [3.63, 3.8) is 0 Å². The van der Waals surface area contributed by atoms with Crippen molar-refractivity contribution < 1.29 is 18.8 Å². The van der Waals surface area contributed by atoms with Crippen LogP contribution in [0.4, 0.5) is 15.8 Å². The molecule has 4 rings (SSSR count). The fourth-order valence-electron chi connectivity index (χ4n) is 3.59. The summed E-state index contributed by atoms with van der Waals surface area (Å²) < 4.78 is 13.1. The maximum absolute atomic E-state index is 13.3. The summed E-state index contributed by atoms with van der Waals surface area (Å²) in [5.41, 5.74) is 3.29. The molecule has 4 aromatic carbocycles. The van der Waals surface area contributed by atoms with Gasteiger partial charge in [0, 0.05) is 21.8 Å². The van der Waals surface area contributed by atoms with Gasteiger partial charge in [0.1, 0.15) is 11.5 Å². The van der Waals surface area contributed by atoms with Crippen LogP contribution in [0.15, 0.2) is 114 Å². The summed E-state index contributed by atoms with van der Waals surface area (Å²) in [7, 11) is 0. The van der Waals surface area contributed by atoms with Crippen molar-refractivity contribution in [1.82, 2.24) is 5.32 Å². The molecule has 0 spiro atoms. The number of anilines is 2. The second-order valence-corrected chi connectivity index (χ2v) is 9.61. The number of carbonyl (C=O) groups excluding carboxylic acids is 3. The molecule has 0 bridgehead atoms. The fourth-order valence-corrected chi connectivity index (χ4v) is 4.34. The van der Waals surface area contributed by atoms with Crippen molar-refractivity contribution in [2.45, 2.75) is 11.8 Å². The van der Waals surface area contributed by atoms with Crippen LogP contribution in [-0.4, -0.2) is 23.5 Å². The van der Waals surface area contributed by atoms with E-state index in [-0.39, 0.29) is 23.2 Å². The number of benzene rings is 4. The predicted octanol–water partition coefficient (Wildman–Crippen LogP) is 6.27. The lowest BCUT2D eigenvalue weighted by atomic mass is 10.1. The van der Waals surface area contributed by atoms with Gasteiger partial charge in [-0.3, -0.25) is 14.4 Å². The highest BCUT2D eigenvalue weighted by atomic mass is 32.2. The molecule has 0 aliphatic heterocycles. The van der Waals surface area contributed by atoms with E-state index in [2.05, 4.69) is 16.0 Å². The van der Waals surface area contributed by atoms with E-state index in [0.717, 1.165) is 16.0 Å². The molecule has 0 heterocycles. The van der Waals surface area contributed by atoms with E-state index in [0.29, 0.717) is 16.9 Å². The van der Waals surface area contributed by atoms with Gasteiger partial charge in [-0.25, -0.2) is 4.39 Å². The molecule has 8 heteroatoms. The van der Waals surface area contributed by atoms with Crippen LogP contribution in [-0.2, 0) is 9.59 Å². The quantitative estimate of drug-likeness (QED) is 0.173. The topological polar surface area (TPSA) is 87.3 Å². The van der Waals surface area contributed by atoms with Crippen LogP contribution in [0.3, 0.4) is 0 Å². The van der Waals surface area contributed by atoms with Crippen LogP contribution in [0.1, 0.15) is 21.5 Å². The molecule has 0 saturated heterocycles. The molecule has 0 atom stereocenters. The molecule has 0 unspecified atom stereocenters. The molecule has 4 aromatic rings. The molecule has 0 aliphatic rings. The Balaban J connectivity index is 1.45. The van der Waals surface area contributed by atoms with Gasteiger partial charge in [0.15, 0.2) is 0 Å². The van der Waals surface area contributed by atoms with Crippen LogP contribution < -0.4 is 16.0 Å². The average Bonchev–Trinajstić information content (AvgIpc) is 2.94. The number of amides is 3. The number of rotatable bonds is 9. The van der Waals surface area contributed by atoms with Gasteiger partial charge in [-0.1, -0.05) is 48.5 Å². The number of carbonyl (C=O) groups is 3. The van der Waals surface area contributed by atoms with Gasteiger partial charge in [-0.15, -0.1) is 11.8 Å². The third kappa shape index (κ3) is 8.15. The Morgan fingerprint density at radius 1 is 0.795 bits per heavy atom. The van der Waals surface area contributed by atoms with Crippen LogP contribution in [0, 0.1) is 12.7 Å². The average molecular weight is 540 g/mol. The fraction of sp³-hybridized carbons (Fsp3) is 0.0645. The summed E-state index contributed by atoms with van der Waals surface area (Å²) in [6.07, 6.45) is 1.64. The Hall–Kier alpha value is -4.69. The Morgan fingerprint density at radius 3 is 2.26 bits per heavy atom. The minimum atomic E-state index is -0.487. The molecule has 3 N–H and O–H groups in total. The first kappa shape index (κ1) is 27.3. The van der Waals surface area contributed by atoms with E-state index in [1.807, 2.05) is 43.3 Å². The third-order valence-electron chi connectivity index (χ3n) is 5.61. The number of halogens is 1. The zero-order valence-corrected chi connectivity index (χ0v) is 21.9. The van der Waals surface area contributed by atoms with Crippen LogP contribution in [0.5, 0.6) is 0 Å². The standard InChI is InChI=1S/C31H26FN3O3S/c1-21-8-5-6-11-23(21)18-28(35-30(37)22-9-3-2-4-10-22)31(38)34-26-12-7-13-27(19-26)39-20-29(36)33-25-16-14-24(32)15-17-25/h2-19H,20H2,1H3,(H,33,36)(H,34,38)(H,35,37)/b28-18-. The predicted molar refractivity (Wildman–Crippen MR) is 154 cm³/mol. The molecule has 0 aliphatic carbocycles. The van der Waals surface area contributed by atoms with Crippen molar-refractivity contribution in [1.29, 1.82) is 0 Å². The van der Waals surface area contributed by atoms with Crippen LogP contribution >= 0.6 is 11.8 Å². The van der Waals surface area contributed by atoms with E-state index >= 15 is 0 Å². The second kappa shape index (κ2) is 13.2. The molecular formula is C31H26FN3O3S. The largest absolute Gasteiger partial charge is 0.325 e. The highest BCUT2D eigenvalue weighted by molar-refractivity contribution is 8.00. The van der Waals surface area contributed by atoms with Crippen molar-refractivity contribution >= 4 is 46.9 Å². The normalized spacial score (nSPS) is 11.0. The summed E-state index contributed by atoms with van der Waals surface area (Å²) in [6, 6.07) is 28.8. The number of thioether (sulfide) groups is 1. The van der Waals surface area contributed by atoms with Crippen molar-refractivity contribution in [3.05, 3.63) is 131 Å². The van der Waals surface area contributed by atoms with Crippen molar-refractivity contribution in [2.75, 3.05) is 16.4 Å². The maximum Gasteiger partial charge on any atom is 0.272 e. The molecular weight excluding hydrogens is 513 g/mol. The minimum Gasteiger partial charge on any atom is -0.325 e. The molecule has 39 heavy (non-hydrogen) atoms. The monoisotopic (exact) mass is 539 g/mol. The van der Waals surface area contributed by atoms with E-state index in [9.17, 15) is 18.8 Å². The second-order valence-electron chi connectivity index (χ2n) is 8.56. The van der Waals surface area contributed by atoms with Crippen molar-refractivity contribution in [3.8, 4) is 0 Å². The number of hydrogen-bond acceptors (Lipinski definition) is 4. The summed E-state index contributed by atoms with van der Waals surface area (Å²) >= 11 is 1.29. The third-order valence-corrected chi connectivity index (χ3v) is 6.60. The lowest BCUT2D eigenvalue weighted by Gasteiger charge is -2.13.